The fourth-order valence-corrected chi connectivity index (χ4v) is 9.62. The van der Waals surface area contributed by atoms with E-state index in [1.165, 1.54) is 193 Å². The lowest BCUT2D eigenvalue weighted by atomic mass is 10.0. The van der Waals surface area contributed by atoms with Gasteiger partial charge in [0.1, 0.15) is 13.2 Å². The maximum atomic E-state index is 12.9. The number of allylic oxidation sites excluding steroid dienone is 10. The lowest BCUT2D eigenvalue weighted by Crippen LogP contribution is -2.30. The number of hydrogen-bond acceptors (Lipinski definition) is 6. The molecule has 0 aliphatic heterocycles. The van der Waals surface area contributed by atoms with Crippen LogP contribution in [0.2, 0.25) is 0 Å². The highest BCUT2D eigenvalue weighted by Gasteiger charge is 2.19. The number of rotatable bonds is 60. The number of esters is 3. The molecule has 0 rings (SSSR count). The molecular weight excluding hydrogens is 925 g/mol. The van der Waals surface area contributed by atoms with Crippen molar-refractivity contribution in [2.24, 2.45) is 0 Å². The topological polar surface area (TPSA) is 78.9 Å². The van der Waals surface area contributed by atoms with E-state index in [2.05, 4.69) is 81.5 Å². The first-order chi connectivity index (χ1) is 37.0. The summed E-state index contributed by atoms with van der Waals surface area (Å²) in [6.45, 7) is 6.48. The van der Waals surface area contributed by atoms with Gasteiger partial charge in [-0.1, -0.05) is 306 Å². The molecule has 1 unspecified atom stereocenters. The normalized spacial score (nSPS) is 12.4. The van der Waals surface area contributed by atoms with Gasteiger partial charge in [-0.2, -0.15) is 0 Å². The van der Waals surface area contributed by atoms with Crippen LogP contribution in [0.1, 0.15) is 342 Å². The van der Waals surface area contributed by atoms with Crippen molar-refractivity contribution in [3.05, 3.63) is 60.8 Å². The van der Waals surface area contributed by atoms with Crippen LogP contribution in [0.15, 0.2) is 60.8 Å². The third kappa shape index (κ3) is 61.8. The summed E-state index contributed by atoms with van der Waals surface area (Å²) in [6.07, 6.45) is 81.2. The Balaban J connectivity index is 4.12. The van der Waals surface area contributed by atoms with Crippen molar-refractivity contribution in [3.8, 4) is 0 Å². The van der Waals surface area contributed by atoms with Gasteiger partial charge >= 0.3 is 17.9 Å². The smallest absolute Gasteiger partial charge is 0.306 e. The van der Waals surface area contributed by atoms with Gasteiger partial charge in [-0.3, -0.25) is 14.4 Å². The Hall–Kier alpha value is -2.89. The number of carbonyl (C=O) groups is 3. The lowest BCUT2D eigenvalue weighted by Gasteiger charge is -2.18. The Morgan fingerprint density at radius 3 is 0.880 bits per heavy atom. The van der Waals surface area contributed by atoms with Crippen LogP contribution in [0.5, 0.6) is 0 Å². The van der Waals surface area contributed by atoms with Crippen LogP contribution < -0.4 is 0 Å². The van der Waals surface area contributed by atoms with Gasteiger partial charge in [-0.25, -0.2) is 0 Å². The van der Waals surface area contributed by atoms with Gasteiger partial charge in [-0.05, 0) is 77.0 Å². The zero-order valence-electron chi connectivity index (χ0n) is 50.1. The van der Waals surface area contributed by atoms with Gasteiger partial charge in [0.15, 0.2) is 6.10 Å². The average molecular weight is 1050 g/mol. The van der Waals surface area contributed by atoms with E-state index in [1.54, 1.807) is 0 Å². The standard InChI is InChI=1S/C69H124O6/c1-4-7-10-13-16-19-22-24-26-28-29-30-31-32-33-34-35-36-37-38-39-40-42-43-45-47-50-53-56-59-62-68(71)74-65-66(64-73-67(70)61-58-55-52-49-21-18-15-12-9-6-3)75-69(72)63-60-57-54-51-48-46-44-41-27-25-23-20-17-14-11-8-5-2/h8,11-12,15,17,20,25,27,44,46,66H,4-7,9-10,13-14,16,18-19,21-24,26,28-43,45,47-65H2,1-3H3/b11-8-,15-12-,20-17-,27-25-,46-44-. The van der Waals surface area contributed by atoms with E-state index in [0.29, 0.717) is 19.3 Å². The molecule has 0 spiro atoms. The first kappa shape index (κ1) is 72.1. The van der Waals surface area contributed by atoms with Crippen LogP contribution in [0.3, 0.4) is 0 Å². The molecule has 6 heteroatoms. The van der Waals surface area contributed by atoms with Crippen molar-refractivity contribution in [2.75, 3.05) is 13.2 Å². The SMILES string of the molecule is CC/C=C\C/C=C\C/C=C\C/C=C\CCCCCCC(=O)OC(COC(=O)CCCCCCC/C=C\CCC)COC(=O)CCCCCCCCCCCCCCCCCCCCCCCCCCCCCCCC. The van der Waals surface area contributed by atoms with Gasteiger partial charge in [-0.15, -0.1) is 0 Å². The molecule has 0 bridgehead atoms. The minimum atomic E-state index is -0.789. The molecule has 0 saturated carbocycles. The lowest BCUT2D eigenvalue weighted by molar-refractivity contribution is -0.167. The first-order valence-electron chi connectivity index (χ1n) is 32.8. The minimum absolute atomic E-state index is 0.0843. The van der Waals surface area contributed by atoms with Crippen LogP contribution in [-0.2, 0) is 28.6 Å². The van der Waals surface area contributed by atoms with Crippen molar-refractivity contribution in [2.45, 2.75) is 348 Å². The minimum Gasteiger partial charge on any atom is -0.462 e. The quantitative estimate of drug-likeness (QED) is 0.0261. The fourth-order valence-electron chi connectivity index (χ4n) is 9.62. The molecule has 0 amide bonds. The Bertz CT molecular complexity index is 1340. The van der Waals surface area contributed by atoms with Gasteiger partial charge in [0.2, 0.25) is 0 Å². The second-order valence-corrected chi connectivity index (χ2v) is 22.0. The first-order valence-corrected chi connectivity index (χ1v) is 32.8. The van der Waals surface area contributed by atoms with E-state index in [4.69, 9.17) is 14.2 Å². The maximum absolute atomic E-state index is 12.9. The Labute approximate surface area is 466 Å². The second-order valence-electron chi connectivity index (χ2n) is 22.0. The molecule has 0 radical (unpaired) electrons. The molecule has 0 fully saturated rings. The van der Waals surface area contributed by atoms with E-state index in [1.807, 2.05) is 0 Å². The van der Waals surface area contributed by atoms with E-state index < -0.39 is 6.10 Å². The van der Waals surface area contributed by atoms with Crippen LogP contribution in [0.4, 0.5) is 0 Å². The molecule has 0 aliphatic rings. The molecule has 0 saturated heterocycles. The van der Waals surface area contributed by atoms with Crippen LogP contribution in [-0.4, -0.2) is 37.2 Å². The molecule has 0 aliphatic carbocycles. The largest absolute Gasteiger partial charge is 0.462 e. The van der Waals surface area contributed by atoms with Crippen molar-refractivity contribution in [1.82, 2.24) is 0 Å². The third-order valence-corrected chi connectivity index (χ3v) is 14.5. The summed E-state index contributed by atoms with van der Waals surface area (Å²) >= 11 is 0. The zero-order valence-corrected chi connectivity index (χ0v) is 50.1. The number of unbranched alkanes of at least 4 members (excludes halogenated alkanes) is 39. The highest BCUT2D eigenvalue weighted by atomic mass is 16.6. The van der Waals surface area contributed by atoms with Crippen molar-refractivity contribution in [1.29, 1.82) is 0 Å². The molecule has 1 atom stereocenters. The molecule has 75 heavy (non-hydrogen) atoms. The van der Waals surface area contributed by atoms with Crippen LogP contribution in [0, 0.1) is 0 Å². The van der Waals surface area contributed by atoms with Gasteiger partial charge < -0.3 is 14.2 Å². The van der Waals surface area contributed by atoms with E-state index in [-0.39, 0.29) is 31.1 Å². The summed E-state index contributed by atoms with van der Waals surface area (Å²) in [4.78, 5) is 38.2. The molecule has 0 aromatic heterocycles. The summed E-state index contributed by atoms with van der Waals surface area (Å²) in [5.41, 5.74) is 0. The van der Waals surface area contributed by atoms with E-state index in [0.717, 1.165) is 109 Å². The fraction of sp³-hybridized carbons (Fsp3) is 0.812. The molecule has 0 aromatic rings. The number of carbonyl (C=O) groups excluding carboxylic acids is 3. The molecule has 0 heterocycles. The van der Waals surface area contributed by atoms with Crippen LogP contribution >= 0.6 is 0 Å². The summed E-state index contributed by atoms with van der Waals surface area (Å²) in [7, 11) is 0. The van der Waals surface area contributed by atoms with Gasteiger partial charge in [0.25, 0.3) is 0 Å². The van der Waals surface area contributed by atoms with Gasteiger partial charge in [0, 0.05) is 19.3 Å². The van der Waals surface area contributed by atoms with Crippen molar-refractivity contribution >= 4 is 17.9 Å². The highest BCUT2D eigenvalue weighted by Crippen LogP contribution is 2.18. The maximum Gasteiger partial charge on any atom is 0.306 e. The monoisotopic (exact) mass is 1050 g/mol. The van der Waals surface area contributed by atoms with E-state index in [9.17, 15) is 14.4 Å². The van der Waals surface area contributed by atoms with E-state index >= 15 is 0 Å². The van der Waals surface area contributed by atoms with Crippen molar-refractivity contribution in [3.63, 3.8) is 0 Å². The van der Waals surface area contributed by atoms with Crippen molar-refractivity contribution < 1.29 is 28.6 Å². The predicted molar refractivity (Wildman–Crippen MR) is 325 cm³/mol. The summed E-state index contributed by atoms with van der Waals surface area (Å²) < 4.78 is 16.9. The molecule has 6 nitrogen and oxygen atoms in total. The Morgan fingerprint density at radius 2 is 0.547 bits per heavy atom. The Kier molecular flexibility index (Phi) is 61.2. The molecule has 0 aromatic carbocycles. The summed E-state index contributed by atoms with van der Waals surface area (Å²) in [6, 6.07) is 0. The van der Waals surface area contributed by atoms with Gasteiger partial charge in [0.05, 0.1) is 0 Å². The number of hydrogen-bond donors (Lipinski definition) is 0. The molecule has 436 valence electrons. The number of ether oxygens (including phenoxy) is 3. The average Bonchev–Trinajstić information content (AvgIpc) is 3.41. The van der Waals surface area contributed by atoms with Crippen LogP contribution in [0.25, 0.3) is 0 Å². The highest BCUT2D eigenvalue weighted by molar-refractivity contribution is 5.71. The molecule has 0 N–H and O–H groups in total. The Morgan fingerprint density at radius 1 is 0.280 bits per heavy atom. The third-order valence-electron chi connectivity index (χ3n) is 14.5. The zero-order chi connectivity index (χ0) is 54.3. The summed E-state index contributed by atoms with van der Waals surface area (Å²) in [5.74, 6) is -0.905. The predicted octanol–water partition coefficient (Wildman–Crippen LogP) is 22.3. The molecular formula is C69H124O6. The second kappa shape index (κ2) is 63.6. The summed E-state index contributed by atoms with van der Waals surface area (Å²) in [5, 5.41) is 0.